The number of ether oxygens (including phenoxy) is 1. The Morgan fingerprint density at radius 3 is 2.64 bits per heavy atom. The van der Waals surface area contributed by atoms with E-state index in [0.717, 1.165) is 10.9 Å². The number of hydrogen-bond acceptors (Lipinski definition) is 9. The number of nitrogens with one attached hydrogen (secondary N) is 2. The standard InChI is InChI=1S/C22H19FN6O7/c1-8-6-28-14-10(4-22(16(28)9(2)35-8)19(32)25-21(34)26-20(22)33)3-12-15(13(14)23)36-27-17(12)29-7-11(5-24-29)18(30)31/h3,5,7-9,16H,4,6H2,1-2H3,(H,30,31)(H2,25,26,32,33,34)/t8-,9+,16-/m1/s1. The summed E-state index contributed by atoms with van der Waals surface area (Å²) in [7, 11) is 0. The monoisotopic (exact) mass is 498 g/mol. The number of amides is 4. The molecule has 6 rings (SSSR count). The molecule has 186 valence electrons. The number of hydrogen-bond donors (Lipinski definition) is 3. The van der Waals surface area contributed by atoms with Gasteiger partial charge in [-0.25, -0.2) is 18.7 Å². The maximum Gasteiger partial charge on any atom is 0.338 e. The first-order chi connectivity index (χ1) is 17.1. The molecular weight excluding hydrogens is 479 g/mol. The van der Waals surface area contributed by atoms with Crippen LogP contribution in [0.15, 0.2) is 23.0 Å². The number of morpholine rings is 1. The van der Waals surface area contributed by atoms with Gasteiger partial charge in [0.1, 0.15) is 0 Å². The van der Waals surface area contributed by atoms with Crippen LogP contribution >= 0.6 is 0 Å². The number of benzene rings is 1. The third-order valence-electron chi connectivity index (χ3n) is 6.99. The largest absolute Gasteiger partial charge is 0.478 e. The third kappa shape index (κ3) is 2.84. The molecule has 0 bridgehead atoms. The average Bonchev–Trinajstić information content (AvgIpc) is 3.44. The molecule has 1 spiro atoms. The summed E-state index contributed by atoms with van der Waals surface area (Å²) in [6.45, 7) is 3.65. The number of carboxylic acids is 1. The second-order valence-electron chi connectivity index (χ2n) is 9.19. The van der Waals surface area contributed by atoms with Crippen LogP contribution in [0.25, 0.3) is 16.8 Å². The zero-order valence-electron chi connectivity index (χ0n) is 18.9. The van der Waals surface area contributed by atoms with E-state index in [9.17, 15) is 24.3 Å². The fourth-order valence-electron chi connectivity index (χ4n) is 5.65. The molecule has 0 saturated carbocycles. The minimum absolute atomic E-state index is 0.0341. The number of aromatic carboxylic acids is 1. The van der Waals surface area contributed by atoms with Gasteiger partial charge in [0.15, 0.2) is 11.2 Å². The molecule has 5 heterocycles. The highest BCUT2D eigenvalue weighted by Crippen LogP contribution is 2.49. The topological polar surface area (TPSA) is 169 Å². The first-order valence-electron chi connectivity index (χ1n) is 11.1. The van der Waals surface area contributed by atoms with E-state index in [1.807, 2.05) is 0 Å². The van der Waals surface area contributed by atoms with Gasteiger partial charge < -0.3 is 19.3 Å². The second-order valence-corrected chi connectivity index (χ2v) is 9.19. The summed E-state index contributed by atoms with van der Waals surface area (Å²) in [6, 6.07) is -0.295. The lowest BCUT2D eigenvalue weighted by Gasteiger charge is -2.55. The molecule has 13 nitrogen and oxygen atoms in total. The lowest BCUT2D eigenvalue weighted by Crippen LogP contribution is -2.75. The van der Waals surface area contributed by atoms with Crippen LogP contribution < -0.4 is 15.5 Å². The van der Waals surface area contributed by atoms with E-state index in [1.54, 1.807) is 24.8 Å². The number of carbonyl (C=O) groups is 4. The molecule has 0 aliphatic carbocycles. The lowest BCUT2D eigenvalue weighted by atomic mass is 9.66. The number of fused-ring (bicyclic) bond motifs is 5. The number of nitrogens with zero attached hydrogens (tertiary/aromatic N) is 4. The SMILES string of the molecule is C[C@@H]1CN2c3c(cc4c(-n5cc(C(=O)O)cn5)noc4c3F)CC3(C(=O)NC(=O)NC3=O)[C@H]2[C@H](C)O1. The van der Waals surface area contributed by atoms with Gasteiger partial charge in [-0.3, -0.25) is 20.2 Å². The van der Waals surface area contributed by atoms with Crippen LogP contribution in [-0.2, 0) is 20.7 Å². The summed E-state index contributed by atoms with van der Waals surface area (Å²) in [5.41, 5.74) is -1.62. The fraction of sp³-hybridized carbons (Fsp3) is 0.364. The van der Waals surface area contributed by atoms with Crippen molar-refractivity contribution in [1.29, 1.82) is 0 Å². The van der Waals surface area contributed by atoms with Gasteiger partial charge >= 0.3 is 12.0 Å². The predicted molar refractivity (Wildman–Crippen MR) is 117 cm³/mol. The molecule has 36 heavy (non-hydrogen) atoms. The molecular formula is C22H19FN6O7. The quantitative estimate of drug-likeness (QED) is 0.429. The van der Waals surface area contributed by atoms with Crippen molar-refractivity contribution in [2.75, 3.05) is 11.4 Å². The van der Waals surface area contributed by atoms with Crippen LogP contribution in [0.2, 0.25) is 0 Å². The number of carboxylic acid groups (broad SMARTS) is 1. The maximum absolute atomic E-state index is 16.1. The van der Waals surface area contributed by atoms with E-state index in [4.69, 9.17) is 9.26 Å². The highest BCUT2D eigenvalue weighted by molar-refractivity contribution is 6.20. The van der Waals surface area contributed by atoms with E-state index in [0.29, 0.717) is 5.56 Å². The number of rotatable bonds is 2. The lowest BCUT2D eigenvalue weighted by molar-refractivity contribution is -0.153. The van der Waals surface area contributed by atoms with Crippen LogP contribution in [0.1, 0.15) is 29.8 Å². The van der Waals surface area contributed by atoms with Gasteiger partial charge in [-0.05, 0) is 25.5 Å². The molecule has 0 radical (unpaired) electrons. The zero-order valence-corrected chi connectivity index (χ0v) is 18.9. The van der Waals surface area contributed by atoms with Gasteiger partial charge in [-0.15, -0.1) is 0 Å². The number of halogens is 1. The van der Waals surface area contributed by atoms with Gasteiger partial charge in [0, 0.05) is 19.2 Å². The molecule has 2 aromatic heterocycles. The molecule has 2 fully saturated rings. The fourth-order valence-corrected chi connectivity index (χ4v) is 5.65. The van der Waals surface area contributed by atoms with Gasteiger partial charge in [0.05, 0.1) is 41.1 Å². The molecule has 1 aromatic carbocycles. The van der Waals surface area contributed by atoms with E-state index in [-0.39, 0.29) is 47.1 Å². The normalized spacial score (nSPS) is 24.9. The number of barbiturate groups is 1. The summed E-state index contributed by atoms with van der Waals surface area (Å²) in [6.07, 6.45) is 1.07. The van der Waals surface area contributed by atoms with Crippen LogP contribution in [0.5, 0.6) is 0 Å². The number of anilines is 1. The minimum atomic E-state index is -1.78. The summed E-state index contributed by atoms with van der Waals surface area (Å²) in [4.78, 5) is 51.3. The van der Waals surface area contributed by atoms with E-state index in [2.05, 4.69) is 20.9 Å². The maximum atomic E-state index is 16.1. The van der Waals surface area contributed by atoms with Crippen molar-refractivity contribution in [2.24, 2.45) is 5.41 Å². The van der Waals surface area contributed by atoms with Crippen molar-refractivity contribution in [3.63, 3.8) is 0 Å². The average molecular weight is 498 g/mol. The summed E-state index contributed by atoms with van der Waals surface area (Å²) in [5.74, 6) is -3.52. The summed E-state index contributed by atoms with van der Waals surface area (Å²) >= 11 is 0. The van der Waals surface area contributed by atoms with Crippen molar-refractivity contribution < 1.29 is 37.9 Å². The number of imide groups is 2. The molecule has 3 aromatic rings. The Bertz CT molecular complexity index is 1480. The minimum Gasteiger partial charge on any atom is -0.478 e. The van der Waals surface area contributed by atoms with E-state index < -0.39 is 47.2 Å². The summed E-state index contributed by atoms with van der Waals surface area (Å²) < 4.78 is 28.4. The van der Waals surface area contributed by atoms with Gasteiger partial charge in [0.25, 0.3) is 0 Å². The zero-order chi connectivity index (χ0) is 25.5. The number of aromatic nitrogens is 3. The van der Waals surface area contributed by atoms with Crippen LogP contribution in [-0.4, -0.2) is 68.7 Å². The second kappa shape index (κ2) is 7.34. The van der Waals surface area contributed by atoms with Crippen LogP contribution in [0.4, 0.5) is 14.9 Å². The van der Waals surface area contributed by atoms with Gasteiger partial charge in [-0.2, -0.15) is 5.10 Å². The van der Waals surface area contributed by atoms with Gasteiger partial charge in [-0.1, -0.05) is 5.16 Å². The first-order valence-corrected chi connectivity index (χ1v) is 11.1. The number of carbonyl (C=O) groups excluding carboxylic acids is 3. The van der Waals surface area contributed by atoms with Crippen LogP contribution in [0, 0.1) is 11.2 Å². The first kappa shape index (κ1) is 22.2. The highest BCUT2D eigenvalue weighted by atomic mass is 19.1. The molecule has 3 atom stereocenters. The number of urea groups is 1. The van der Waals surface area contributed by atoms with E-state index >= 15 is 4.39 Å². The Labute approximate surface area is 201 Å². The molecule has 3 aliphatic rings. The van der Waals surface area contributed by atoms with E-state index in [1.165, 1.54) is 6.20 Å². The Hall–Kier alpha value is -4.33. The van der Waals surface area contributed by atoms with Crippen molar-refractivity contribution in [3.8, 4) is 5.82 Å². The predicted octanol–water partition coefficient (Wildman–Crippen LogP) is 0.741. The van der Waals surface area contributed by atoms with Crippen molar-refractivity contribution in [1.82, 2.24) is 25.6 Å². The molecule has 3 aliphatic heterocycles. The van der Waals surface area contributed by atoms with Crippen molar-refractivity contribution >= 4 is 40.5 Å². The van der Waals surface area contributed by atoms with Crippen LogP contribution in [0.3, 0.4) is 0 Å². The Morgan fingerprint density at radius 2 is 1.97 bits per heavy atom. The molecule has 3 N–H and O–H groups in total. The third-order valence-corrected chi connectivity index (χ3v) is 6.99. The molecule has 14 heteroatoms. The highest BCUT2D eigenvalue weighted by Gasteiger charge is 2.63. The Balaban J connectivity index is 1.58. The molecule has 2 saturated heterocycles. The van der Waals surface area contributed by atoms with Gasteiger partial charge in [0.2, 0.25) is 23.2 Å². The smallest absolute Gasteiger partial charge is 0.338 e. The summed E-state index contributed by atoms with van der Waals surface area (Å²) in [5, 5.41) is 21.6. The van der Waals surface area contributed by atoms with Crippen molar-refractivity contribution in [2.45, 2.75) is 38.5 Å². The molecule has 0 unspecified atom stereocenters. The molecule has 4 amide bonds. The van der Waals surface area contributed by atoms with Crippen molar-refractivity contribution in [3.05, 3.63) is 35.4 Å². The Kier molecular flexibility index (Phi) is 4.51. The Morgan fingerprint density at radius 1 is 1.25 bits per heavy atom.